The molecule has 21 heavy (non-hydrogen) atoms. The minimum absolute atomic E-state index is 0.0502. The van der Waals surface area contributed by atoms with Gasteiger partial charge in [0.2, 0.25) is 0 Å². The highest BCUT2D eigenvalue weighted by atomic mass is 79.9. The predicted octanol–water partition coefficient (Wildman–Crippen LogP) is 5.46. The molecule has 0 heterocycles. The lowest BCUT2D eigenvalue weighted by atomic mass is 10.2. The summed E-state index contributed by atoms with van der Waals surface area (Å²) in [6.45, 7) is -2.72. The van der Waals surface area contributed by atoms with Crippen LogP contribution in [0.2, 0.25) is 5.02 Å². The molecule has 0 atom stereocenters. The van der Waals surface area contributed by atoms with Gasteiger partial charge < -0.3 is 10.1 Å². The Labute approximate surface area is 133 Å². The van der Waals surface area contributed by atoms with E-state index in [1.807, 2.05) is 0 Å². The molecule has 0 aromatic heterocycles. The first-order chi connectivity index (χ1) is 9.95. The summed E-state index contributed by atoms with van der Waals surface area (Å²) < 4.78 is 42.8. The highest BCUT2D eigenvalue weighted by Crippen LogP contribution is 2.37. The van der Waals surface area contributed by atoms with Crippen molar-refractivity contribution in [2.75, 3.05) is 5.32 Å². The fourth-order valence-electron chi connectivity index (χ4n) is 1.74. The Morgan fingerprint density at radius 2 is 2.00 bits per heavy atom. The van der Waals surface area contributed by atoms with Gasteiger partial charge in [-0.2, -0.15) is 8.78 Å². The van der Waals surface area contributed by atoms with Gasteiger partial charge in [0.15, 0.2) is 5.75 Å². The third-order valence-corrected chi connectivity index (χ3v) is 3.39. The minimum Gasteiger partial charge on any atom is -0.431 e. The van der Waals surface area contributed by atoms with Crippen LogP contribution in [0.3, 0.4) is 0 Å². The fraction of sp³-hybridized carbons (Fsp3) is 0.143. The molecule has 0 aliphatic heterocycles. The van der Waals surface area contributed by atoms with E-state index in [2.05, 4.69) is 26.0 Å². The molecule has 7 heteroatoms. The summed E-state index contributed by atoms with van der Waals surface area (Å²) in [7, 11) is 0. The topological polar surface area (TPSA) is 21.3 Å². The van der Waals surface area contributed by atoms with E-state index in [1.54, 1.807) is 12.1 Å². The van der Waals surface area contributed by atoms with Crippen molar-refractivity contribution < 1.29 is 17.9 Å². The molecule has 112 valence electrons. The van der Waals surface area contributed by atoms with Gasteiger partial charge in [0, 0.05) is 11.6 Å². The van der Waals surface area contributed by atoms with Gasteiger partial charge in [-0.25, -0.2) is 4.39 Å². The van der Waals surface area contributed by atoms with Crippen molar-refractivity contribution in [2.45, 2.75) is 13.2 Å². The highest BCUT2D eigenvalue weighted by Gasteiger charge is 2.15. The molecular weight excluding hydrogens is 371 g/mol. The monoisotopic (exact) mass is 379 g/mol. The molecule has 2 rings (SSSR count). The maximum Gasteiger partial charge on any atom is 0.387 e. The average molecular weight is 381 g/mol. The van der Waals surface area contributed by atoms with E-state index in [0.29, 0.717) is 20.7 Å². The molecule has 0 saturated heterocycles. The van der Waals surface area contributed by atoms with Crippen molar-refractivity contribution >= 4 is 33.2 Å². The number of anilines is 1. The summed E-state index contributed by atoms with van der Waals surface area (Å²) in [6, 6.07) is 8.86. The van der Waals surface area contributed by atoms with Crippen LogP contribution in [0.5, 0.6) is 5.75 Å². The van der Waals surface area contributed by atoms with Crippen molar-refractivity contribution in [1.29, 1.82) is 0 Å². The Bertz CT molecular complexity index is 640. The van der Waals surface area contributed by atoms with Gasteiger partial charge in [-0.3, -0.25) is 0 Å². The van der Waals surface area contributed by atoms with Gasteiger partial charge in [-0.05, 0) is 45.8 Å². The Balaban J connectivity index is 2.22. The second-order valence-electron chi connectivity index (χ2n) is 4.13. The Hall–Kier alpha value is -1.40. The predicted molar refractivity (Wildman–Crippen MR) is 79.5 cm³/mol. The van der Waals surface area contributed by atoms with E-state index in [4.69, 9.17) is 11.6 Å². The Kier molecular flexibility index (Phi) is 5.36. The fourth-order valence-corrected chi connectivity index (χ4v) is 2.65. The third-order valence-electron chi connectivity index (χ3n) is 2.59. The number of hydrogen-bond donors (Lipinski definition) is 1. The molecule has 0 aliphatic carbocycles. The zero-order chi connectivity index (χ0) is 15.4. The van der Waals surface area contributed by atoms with E-state index >= 15 is 0 Å². The lowest BCUT2D eigenvalue weighted by molar-refractivity contribution is -0.0498. The molecule has 0 amide bonds. The molecular formula is C14H10BrClF3NO. The van der Waals surface area contributed by atoms with E-state index in [-0.39, 0.29) is 18.1 Å². The molecule has 0 aliphatic rings. The molecule has 0 bridgehead atoms. The van der Waals surface area contributed by atoms with Crippen LogP contribution in [-0.2, 0) is 6.54 Å². The molecule has 2 nitrogen and oxygen atoms in total. The summed E-state index contributed by atoms with van der Waals surface area (Å²) >= 11 is 9.01. The first kappa shape index (κ1) is 16.0. The third kappa shape index (κ3) is 4.54. The first-order valence-corrected chi connectivity index (χ1v) is 7.05. The SMILES string of the molecule is Fc1cccc(CNc2cc(Cl)cc(Br)c2OC(F)F)c1. The lowest BCUT2D eigenvalue weighted by Gasteiger charge is -2.15. The van der Waals surface area contributed by atoms with Gasteiger partial charge in [-0.1, -0.05) is 23.7 Å². The molecule has 0 spiro atoms. The van der Waals surface area contributed by atoms with E-state index < -0.39 is 6.61 Å². The van der Waals surface area contributed by atoms with Gasteiger partial charge in [0.05, 0.1) is 10.2 Å². The van der Waals surface area contributed by atoms with Crippen molar-refractivity contribution in [2.24, 2.45) is 0 Å². The van der Waals surface area contributed by atoms with Crippen LogP contribution in [0.15, 0.2) is 40.9 Å². The first-order valence-electron chi connectivity index (χ1n) is 5.88. The normalized spacial score (nSPS) is 10.8. The maximum absolute atomic E-state index is 13.1. The molecule has 2 aromatic rings. The number of rotatable bonds is 5. The van der Waals surface area contributed by atoms with Gasteiger partial charge in [0.25, 0.3) is 0 Å². The maximum atomic E-state index is 13.1. The summed E-state index contributed by atoms with van der Waals surface area (Å²) in [5.41, 5.74) is 0.952. The second-order valence-corrected chi connectivity index (χ2v) is 5.42. The van der Waals surface area contributed by atoms with Crippen molar-refractivity contribution in [3.63, 3.8) is 0 Å². The zero-order valence-electron chi connectivity index (χ0n) is 10.5. The Morgan fingerprint density at radius 3 is 2.67 bits per heavy atom. The summed E-state index contributed by atoms with van der Waals surface area (Å²) in [5.74, 6) is -0.420. The van der Waals surface area contributed by atoms with Gasteiger partial charge in [0.1, 0.15) is 5.82 Å². The van der Waals surface area contributed by atoms with E-state index in [1.165, 1.54) is 24.3 Å². The molecule has 2 aromatic carbocycles. The molecule has 0 fully saturated rings. The van der Waals surface area contributed by atoms with Crippen molar-refractivity contribution in [1.82, 2.24) is 0 Å². The lowest BCUT2D eigenvalue weighted by Crippen LogP contribution is -2.07. The summed E-state index contributed by atoms with van der Waals surface area (Å²) in [5, 5.41) is 3.26. The number of benzene rings is 2. The molecule has 0 unspecified atom stereocenters. The zero-order valence-corrected chi connectivity index (χ0v) is 12.9. The van der Waals surface area contributed by atoms with E-state index in [9.17, 15) is 13.2 Å². The minimum atomic E-state index is -2.96. The Morgan fingerprint density at radius 1 is 1.24 bits per heavy atom. The molecule has 0 saturated carbocycles. The van der Waals surface area contributed by atoms with E-state index in [0.717, 1.165) is 0 Å². The van der Waals surface area contributed by atoms with Crippen LogP contribution >= 0.6 is 27.5 Å². The summed E-state index contributed by atoms with van der Waals surface area (Å²) in [6.07, 6.45) is 0. The van der Waals surface area contributed by atoms with Crippen LogP contribution < -0.4 is 10.1 Å². The number of alkyl halides is 2. The number of ether oxygens (including phenoxy) is 1. The van der Waals surface area contributed by atoms with Crippen LogP contribution in [0.4, 0.5) is 18.9 Å². The molecule has 0 radical (unpaired) electrons. The van der Waals surface area contributed by atoms with Crippen LogP contribution in [0.25, 0.3) is 0 Å². The number of halogens is 5. The second kappa shape index (κ2) is 7.04. The van der Waals surface area contributed by atoms with Crippen LogP contribution in [0, 0.1) is 5.82 Å². The van der Waals surface area contributed by atoms with Crippen LogP contribution in [0.1, 0.15) is 5.56 Å². The van der Waals surface area contributed by atoms with Gasteiger partial charge in [-0.15, -0.1) is 0 Å². The summed E-state index contributed by atoms with van der Waals surface area (Å²) in [4.78, 5) is 0. The smallest absolute Gasteiger partial charge is 0.387 e. The standard InChI is InChI=1S/C14H10BrClF3NO/c15-11-5-9(16)6-12(13(11)21-14(18)19)20-7-8-2-1-3-10(17)4-8/h1-6,14,20H,7H2. The quantitative estimate of drug-likeness (QED) is 0.744. The highest BCUT2D eigenvalue weighted by molar-refractivity contribution is 9.10. The van der Waals surface area contributed by atoms with Gasteiger partial charge >= 0.3 is 6.61 Å². The van der Waals surface area contributed by atoms with Crippen molar-refractivity contribution in [3.8, 4) is 5.75 Å². The number of hydrogen-bond acceptors (Lipinski definition) is 2. The number of nitrogens with one attached hydrogen (secondary N) is 1. The van der Waals surface area contributed by atoms with Crippen molar-refractivity contribution in [3.05, 3.63) is 57.3 Å². The average Bonchev–Trinajstić information content (AvgIpc) is 2.39. The van der Waals surface area contributed by atoms with Crippen LogP contribution in [-0.4, -0.2) is 6.61 Å². The largest absolute Gasteiger partial charge is 0.431 e. The molecule has 1 N–H and O–H groups in total.